The molecule has 1 saturated heterocycles. The van der Waals surface area contributed by atoms with Crippen molar-refractivity contribution in [2.24, 2.45) is 5.10 Å². The zero-order valence-corrected chi connectivity index (χ0v) is 18.1. The molecule has 0 radical (unpaired) electrons. The third kappa shape index (κ3) is 4.47. The summed E-state index contributed by atoms with van der Waals surface area (Å²) < 4.78 is 1.47. The number of benzene rings is 2. The van der Waals surface area contributed by atoms with Crippen LogP contribution in [0.2, 0.25) is 0 Å². The maximum absolute atomic E-state index is 12.5. The first-order valence-electron chi connectivity index (χ1n) is 10.3. The number of nitro benzene ring substituents is 1. The Morgan fingerprint density at radius 2 is 1.94 bits per heavy atom. The van der Waals surface area contributed by atoms with Crippen molar-refractivity contribution < 1.29 is 14.5 Å². The average molecular weight is 447 g/mol. The number of nitrogens with zero attached hydrogens (tertiary/aromatic N) is 6. The fourth-order valence-corrected chi connectivity index (χ4v) is 3.61. The molecule has 0 bridgehead atoms. The number of carbonyl (C=O) groups is 2. The zero-order valence-electron chi connectivity index (χ0n) is 18.1. The number of non-ortho nitro benzene ring substituents is 1. The third-order valence-electron chi connectivity index (χ3n) is 5.36. The maximum atomic E-state index is 12.5. The number of anilines is 1. The fourth-order valence-electron chi connectivity index (χ4n) is 3.61. The topological polar surface area (TPSA) is 136 Å². The minimum Gasteiger partial charge on any atom is -0.312 e. The van der Waals surface area contributed by atoms with E-state index in [1.54, 1.807) is 55.1 Å². The summed E-state index contributed by atoms with van der Waals surface area (Å²) in [5.74, 6) is -0.321. The predicted molar refractivity (Wildman–Crippen MR) is 120 cm³/mol. The number of rotatable bonds is 6. The summed E-state index contributed by atoms with van der Waals surface area (Å²) in [5, 5.41) is 23.3. The molecule has 0 aliphatic carbocycles. The van der Waals surface area contributed by atoms with Gasteiger partial charge in [-0.2, -0.15) is 5.10 Å². The first-order chi connectivity index (χ1) is 15.8. The zero-order chi connectivity index (χ0) is 23.5. The van der Waals surface area contributed by atoms with E-state index in [2.05, 4.69) is 20.8 Å². The van der Waals surface area contributed by atoms with E-state index in [-0.39, 0.29) is 11.6 Å². The molecule has 0 atom stereocenters. The summed E-state index contributed by atoms with van der Waals surface area (Å²) in [7, 11) is 0. The van der Waals surface area contributed by atoms with Gasteiger partial charge in [0.05, 0.1) is 22.0 Å². The van der Waals surface area contributed by atoms with E-state index in [1.807, 2.05) is 0 Å². The van der Waals surface area contributed by atoms with Crippen LogP contribution in [0.3, 0.4) is 0 Å². The van der Waals surface area contributed by atoms with Crippen LogP contribution >= 0.6 is 0 Å². The predicted octanol–water partition coefficient (Wildman–Crippen LogP) is 2.76. The summed E-state index contributed by atoms with van der Waals surface area (Å²) in [4.78, 5) is 36.6. The second-order valence-corrected chi connectivity index (χ2v) is 7.55. The van der Waals surface area contributed by atoms with Crippen LogP contribution in [0.25, 0.3) is 5.69 Å². The molecule has 0 saturated carbocycles. The Hall–Kier alpha value is -4.41. The van der Waals surface area contributed by atoms with Gasteiger partial charge in [-0.05, 0) is 50.6 Å². The van der Waals surface area contributed by atoms with E-state index in [9.17, 15) is 19.7 Å². The van der Waals surface area contributed by atoms with E-state index in [4.69, 9.17) is 0 Å². The van der Waals surface area contributed by atoms with Crippen LogP contribution in [-0.4, -0.2) is 44.0 Å². The highest BCUT2D eigenvalue weighted by molar-refractivity contribution is 6.01. The number of carbonyl (C=O) groups excluding carboxylic acids is 2. The van der Waals surface area contributed by atoms with Crippen molar-refractivity contribution in [1.29, 1.82) is 0 Å². The highest BCUT2D eigenvalue weighted by Crippen LogP contribution is 2.22. The van der Waals surface area contributed by atoms with Gasteiger partial charge in [-0.1, -0.05) is 11.3 Å². The Kier molecular flexibility index (Phi) is 5.94. The molecule has 11 nitrogen and oxygen atoms in total. The molecule has 3 aromatic rings. The first kappa shape index (κ1) is 21.8. The summed E-state index contributed by atoms with van der Waals surface area (Å²) in [5.41, 5.74) is 5.60. The third-order valence-corrected chi connectivity index (χ3v) is 5.36. The molecule has 2 heterocycles. The molecule has 2 aromatic carbocycles. The Bertz CT molecular complexity index is 1260. The molecular formula is C22H21N7O4. The van der Waals surface area contributed by atoms with Crippen molar-refractivity contribution in [3.63, 3.8) is 0 Å². The lowest BCUT2D eigenvalue weighted by Gasteiger charge is -2.15. The van der Waals surface area contributed by atoms with Crippen LogP contribution in [-0.2, 0) is 4.79 Å². The normalized spacial score (nSPS) is 13.9. The smallest absolute Gasteiger partial charge is 0.271 e. The number of hydrogen-bond donors (Lipinski definition) is 1. The maximum Gasteiger partial charge on any atom is 0.271 e. The van der Waals surface area contributed by atoms with Gasteiger partial charge in [0.2, 0.25) is 5.91 Å². The number of hydrazone groups is 1. The molecular weight excluding hydrogens is 426 g/mol. The Balaban J connectivity index is 1.47. The highest BCUT2D eigenvalue weighted by atomic mass is 16.6. The largest absolute Gasteiger partial charge is 0.312 e. The van der Waals surface area contributed by atoms with Gasteiger partial charge < -0.3 is 4.90 Å². The van der Waals surface area contributed by atoms with E-state index in [1.165, 1.54) is 16.8 Å². The molecule has 1 aromatic heterocycles. The Morgan fingerprint density at radius 1 is 1.18 bits per heavy atom. The molecule has 1 N–H and O–H groups in total. The number of nitrogens with one attached hydrogen (secondary N) is 1. The minimum atomic E-state index is -0.478. The molecule has 0 spiro atoms. The SMILES string of the molecule is C/C(=N/NC(=O)c1ccc(N2CCCC2=O)cc1)c1nnn(-c2cccc([N+](=O)[O-])c2)c1C. The summed E-state index contributed by atoms with van der Waals surface area (Å²) >= 11 is 0. The van der Waals surface area contributed by atoms with Gasteiger partial charge in [-0.3, -0.25) is 19.7 Å². The van der Waals surface area contributed by atoms with Crippen LogP contribution in [0.4, 0.5) is 11.4 Å². The molecule has 33 heavy (non-hydrogen) atoms. The molecule has 2 amide bonds. The van der Waals surface area contributed by atoms with Gasteiger partial charge in [-0.15, -0.1) is 5.10 Å². The summed E-state index contributed by atoms with van der Waals surface area (Å²) in [6.45, 7) is 4.12. The lowest BCUT2D eigenvalue weighted by atomic mass is 10.2. The molecule has 0 unspecified atom stereocenters. The highest BCUT2D eigenvalue weighted by Gasteiger charge is 2.21. The number of hydrogen-bond acceptors (Lipinski definition) is 7. The number of nitro groups is 1. The molecule has 1 aliphatic rings. The minimum absolute atomic E-state index is 0.0540. The van der Waals surface area contributed by atoms with Gasteiger partial charge in [-0.25, -0.2) is 10.1 Å². The van der Waals surface area contributed by atoms with Crippen molar-refractivity contribution in [2.75, 3.05) is 11.4 Å². The lowest BCUT2D eigenvalue weighted by Crippen LogP contribution is -2.24. The quantitative estimate of drug-likeness (QED) is 0.351. The molecule has 1 fully saturated rings. The van der Waals surface area contributed by atoms with Crippen LogP contribution < -0.4 is 10.3 Å². The molecule has 11 heteroatoms. The van der Waals surface area contributed by atoms with Crippen molar-refractivity contribution in [3.8, 4) is 5.69 Å². The summed E-state index contributed by atoms with van der Waals surface area (Å²) in [6, 6.07) is 12.8. The molecule has 168 valence electrons. The fraction of sp³-hybridized carbons (Fsp3) is 0.227. The van der Waals surface area contributed by atoms with Crippen molar-refractivity contribution >= 4 is 28.9 Å². The van der Waals surface area contributed by atoms with E-state index in [0.717, 1.165) is 12.1 Å². The average Bonchev–Trinajstić information content (AvgIpc) is 3.42. The van der Waals surface area contributed by atoms with E-state index >= 15 is 0 Å². The Morgan fingerprint density at radius 3 is 2.61 bits per heavy atom. The first-order valence-corrected chi connectivity index (χ1v) is 10.3. The standard InChI is InChI=1S/C22H21N7O4/c1-14(21-15(2)28(26-24-21)18-5-3-6-19(13-18)29(32)33)23-25-22(31)16-8-10-17(11-9-16)27-12-4-7-20(27)30/h3,5-6,8-11,13H,4,7,12H2,1-2H3,(H,25,31)/b23-14-. The van der Waals surface area contributed by atoms with E-state index in [0.29, 0.717) is 41.3 Å². The van der Waals surface area contributed by atoms with Crippen molar-refractivity contribution in [1.82, 2.24) is 20.4 Å². The van der Waals surface area contributed by atoms with Gasteiger partial charge in [0.15, 0.2) is 0 Å². The van der Waals surface area contributed by atoms with Crippen molar-refractivity contribution in [2.45, 2.75) is 26.7 Å². The molecule has 4 rings (SSSR count). The van der Waals surface area contributed by atoms with Crippen LogP contribution in [0.5, 0.6) is 0 Å². The van der Waals surface area contributed by atoms with Gasteiger partial charge in [0, 0.05) is 36.3 Å². The number of amides is 2. The number of aromatic nitrogens is 3. The van der Waals surface area contributed by atoms with Crippen LogP contribution in [0.1, 0.15) is 41.5 Å². The lowest BCUT2D eigenvalue weighted by molar-refractivity contribution is -0.384. The van der Waals surface area contributed by atoms with Crippen molar-refractivity contribution in [3.05, 3.63) is 75.6 Å². The van der Waals surface area contributed by atoms with Gasteiger partial charge >= 0.3 is 0 Å². The van der Waals surface area contributed by atoms with Gasteiger partial charge in [0.25, 0.3) is 11.6 Å². The summed E-state index contributed by atoms with van der Waals surface area (Å²) in [6.07, 6.45) is 1.38. The second-order valence-electron chi connectivity index (χ2n) is 7.55. The Labute approximate surface area is 188 Å². The second kappa shape index (κ2) is 8.99. The van der Waals surface area contributed by atoms with Crippen LogP contribution in [0.15, 0.2) is 53.6 Å². The molecule has 1 aliphatic heterocycles. The van der Waals surface area contributed by atoms with Gasteiger partial charge in [0.1, 0.15) is 5.69 Å². The monoisotopic (exact) mass is 447 g/mol. The van der Waals surface area contributed by atoms with E-state index < -0.39 is 10.8 Å². The van der Waals surface area contributed by atoms with Crippen LogP contribution in [0, 0.1) is 17.0 Å².